The quantitative estimate of drug-likeness (QED) is 0.144. The molecule has 3 aromatic carbocycles. The molecule has 13 heteroatoms. The van der Waals surface area contributed by atoms with Crippen molar-refractivity contribution in [1.29, 1.82) is 0 Å². The number of aldehydes is 1. The van der Waals surface area contributed by atoms with E-state index in [0.717, 1.165) is 34.2 Å². The van der Waals surface area contributed by atoms with Gasteiger partial charge in [-0.3, -0.25) is 5.01 Å². The number of carbonyl (C=O) groups is 2. The summed E-state index contributed by atoms with van der Waals surface area (Å²) in [6.45, 7) is 6.61. The molecule has 0 spiro atoms. The number of halogens is 3. The van der Waals surface area contributed by atoms with Crippen LogP contribution in [0, 0.1) is 6.92 Å². The van der Waals surface area contributed by atoms with E-state index >= 15 is 0 Å². The average molecular weight is 641 g/mol. The molecule has 9 nitrogen and oxygen atoms in total. The van der Waals surface area contributed by atoms with Gasteiger partial charge in [-0.15, -0.1) is 13.2 Å². The number of alkyl halides is 3. The van der Waals surface area contributed by atoms with Gasteiger partial charge in [-0.25, -0.2) is 9.79 Å². The molecule has 3 aromatic rings. The molecular formula is C32H35F3N6O3S. The fraction of sp³-hybridized carbons (Fsp3) is 0.312. The van der Waals surface area contributed by atoms with E-state index in [1.54, 1.807) is 11.3 Å². The van der Waals surface area contributed by atoms with Crippen LogP contribution in [0.3, 0.4) is 0 Å². The second-order valence-corrected chi connectivity index (χ2v) is 11.6. The minimum absolute atomic E-state index is 0.173. The zero-order valence-corrected chi connectivity index (χ0v) is 26.2. The van der Waals surface area contributed by atoms with Crippen molar-refractivity contribution in [2.45, 2.75) is 45.6 Å². The minimum atomic E-state index is -4.75. The van der Waals surface area contributed by atoms with Crippen LogP contribution in [0.4, 0.5) is 29.3 Å². The van der Waals surface area contributed by atoms with Crippen LogP contribution in [0.15, 0.2) is 76.7 Å². The zero-order chi connectivity index (χ0) is 32.6. The highest BCUT2D eigenvalue weighted by Gasteiger charge is 2.31. The van der Waals surface area contributed by atoms with E-state index in [1.165, 1.54) is 36.0 Å². The maximum absolute atomic E-state index is 12.8. The number of nitrogens with one attached hydrogen (secondary N) is 2. The molecule has 0 aliphatic carbocycles. The number of urea groups is 1. The van der Waals surface area contributed by atoms with Crippen LogP contribution in [0.25, 0.3) is 0 Å². The van der Waals surface area contributed by atoms with Crippen LogP contribution in [-0.4, -0.2) is 49.5 Å². The standard InChI is InChI=1S/C32H35F3N6O3S/c1-21(2)27-19-22(3)5-14-28(27)40(4)31(45-18-17-42)38-30(43)36-16-15-23-6-8-24(9-7-23)29-37-20-41(39-29)25-10-12-26(13-11-25)44-32(33,34)35/h5-14,17,19-21,29,39H,15-16,18H2,1-4H3,(H,36,43). The van der Waals surface area contributed by atoms with Gasteiger partial charge in [0, 0.05) is 19.3 Å². The zero-order valence-electron chi connectivity index (χ0n) is 25.3. The maximum atomic E-state index is 12.8. The number of amides is 2. The number of benzene rings is 3. The first-order valence-electron chi connectivity index (χ1n) is 14.2. The number of aryl methyl sites for hydroxylation is 1. The predicted octanol–water partition coefficient (Wildman–Crippen LogP) is 6.75. The highest BCUT2D eigenvalue weighted by atomic mass is 32.2. The van der Waals surface area contributed by atoms with Gasteiger partial charge in [0.1, 0.15) is 24.5 Å². The van der Waals surface area contributed by atoms with Gasteiger partial charge in [0.2, 0.25) is 0 Å². The van der Waals surface area contributed by atoms with Crippen LogP contribution in [0.1, 0.15) is 48.2 Å². The Kier molecular flexibility index (Phi) is 11.2. The molecule has 0 radical (unpaired) electrons. The van der Waals surface area contributed by atoms with Crippen molar-refractivity contribution in [3.05, 3.63) is 89.0 Å². The lowest BCUT2D eigenvalue weighted by atomic mass is 9.98. The van der Waals surface area contributed by atoms with Crippen LogP contribution in [-0.2, 0) is 11.2 Å². The van der Waals surface area contributed by atoms with Crippen LogP contribution < -0.4 is 25.4 Å². The van der Waals surface area contributed by atoms with E-state index in [1.807, 2.05) is 55.3 Å². The Morgan fingerprint density at radius 2 is 1.87 bits per heavy atom. The number of ether oxygens (including phenoxy) is 1. The van der Waals surface area contributed by atoms with Crippen molar-refractivity contribution in [2.75, 3.05) is 29.3 Å². The van der Waals surface area contributed by atoms with E-state index in [-0.39, 0.29) is 23.6 Å². The second-order valence-electron chi connectivity index (χ2n) is 10.6. The number of carbonyl (C=O) groups excluding carboxylic acids is 2. The summed E-state index contributed by atoms with van der Waals surface area (Å²) in [5.74, 6) is 0.133. The number of nitrogens with zero attached hydrogens (tertiary/aromatic N) is 4. The highest BCUT2D eigenvalue weighted by Crippen LogP contribution is 2.30. The normalized spacial score (nSPS) is 15.0. The molecule has 0 saturated heterocycles. The SMILES string of the molecule is Cc1ccc(N(C)C(=NC(=O)NCCc2ccc(C3N=CN(c4ccc(OC(F)(F)F)cc4)N3)cc2)SCC=O)c(C(C)C)c1. The lowest BCUT2D eigenvalue weighted by molar-refractivity contribution is -0.274. The predicted molar refractivity (Wildman–Crippen MR) is 173 cm³/mol. The van der Waals surface area contributed by atoms with Crippen LogP contribution >= 0.6 is 11.8 Å². The van der Waals surface area contributed by atoms with Crippen LogP contribution in [0.2, 0.25) is 0 Å². The first-order valence-corrected chi connectivity index (χ1v) is 15.2. The smallest absolute Gasteiger partial charge is 0.406 e. The molecule has 1 unspecified atom stereocenters. The Hall–Kier alpha value is -4.36. The number of hydrogen-bond acceptors (Lipinski definition) is 7. The summed E-state index contributed by atoms with van der Waals surface area (Å²) in [5.41, 5.74) is 8.86. The van der Waals surface area contributed by atoms with Crippen molar-refractivity contribution in [3.8, 4) is 5.75 Å². The number of aliphatic imine (C=N–C) groups is 2. The van der Waals surface area contributed by atoms with Gasteiger partial charge >= 0.3 is 12.4 Å². The van der Waals surface area contributed by atoms with Crippen molar-refractivity contribution in [2.24, 2.45) is 9.98 Å². The van der Waals surface area contributed by atoms with Crippen molar-refractivity contribution in [3.63, 3.8) is 0 Å². The molecule has 4 rings (SSSR count). The van der Waals surface area contributed by atoms with Crippen molar-refractivity contribution in [1.82, 2.24) is 10.7 Å². The molecule has 0 fully saturated rings. The van der Waals surface area contributed by atoms with Gasteiger partial charge in [-0.2, -0.15) is 10.4 Å². The van der Waals surface area contributed by atoms with Gasteiger partial charge in [-0.05, 0) is 66.3 Å². The monoisotopic (exact) mass is 640 g/mol. The average Bonchev–Trinajstić information content (AvgIpc) is 3.49. The van der Waals surface area contributed by atoms with E-state index < -0.39 is 12.4 Å². The number of anilines is 2. The Labute approximate surface area is 264 Å². The number of amidine groups is 1. The Morgan fingerprint density at radius 1 is 1.16 bits per heavy atom. The number of hydrogen-bond donors (Lipinski definition) is 2. The number of rotatable bonds is 10. The molecule has 0 aromatic heterocycles. The van der Waals surface area contributed by atoms with E-state index in [0.29, 0.717) is 23.8 Å². The molecule has 1 aliphatic heterocycles. The van der Waals surface area contributed by atoms with Crippen LogP contribution in [0.5, 0.6) is 5.75 Å². The number of thioether (sulfide) groups is 1. The van der Waals surface area contributed by atoms with Gasteiger partial charge < -0.3 is 19.7 Å². The molecular weight excluding hydrogens is 605 g/mol. The topological polar surface area (TPSA) is 98.6 Å². The van der Waals surface area contributed by atoms with Gasteiger partial charge in [0.25, 0.3) is 0 Å². The summed E-state index contributed by atoms with van der Waals surface area (Å²) < 4.78 is 41.2. The van der Waals surface area contributed by atoms with E-state index in [9.17, 15) is 22.8 Å². The minimum Gasteiger partial charge on any atom is -0.406 e. The Balaban J connectivity index is 1.31. The fourth-order valence-electron chi connectivity index (χ4n) is 4.61. The third-order valence-electron chi connectivity index (χ3n) is 6.86. The summed E-state index contributed by atoms with van der Waals surface area (Å²) in [6.07, 6.45) is -2.20. The molecule has 238 valence electrons. The van der Waals surface area contributed by atoms with Crippen molar-refractivity contribution >= 4 is 47.0 Å². The van der Waals surface area contributed by atoms with E-state index in [2.05, 4.69) is 45.4 Å². The summed E-state index contributed by atoms with van der Waals surface area (Å²) in [6, 6.07) is 18.8. The lowest BCUT2D eigenvalue weighted by Crippen LogP contribution is -2.33. The summed E-state index contributed by atoms with van der Waals surface area (Å²) in [7, 11) is 1.84. The summed E-state index contributed by atoms with van der Waals surface area (Å²) in [5, 5.41) is 4.88. The van der Waals surface area contributed by atoms with E-state index in [4.69, 9.17) is 0 Å². The third kappa shape index (κ3) is 9.56. The molecule has 2 N–H and O–H groups in total. The molecule has 0 bridgehead atoms. The van der Waals surface area contributed by atoms with Gasteiger partial charge in [0.15, 0.2) is 5.17 Å². The largest absolute Gasteiger partial charge is 0.573 e. The molecule has 1 atom stereocenters. The maximum Gasteiger partial charge on any atom is 0.573 e. The highest BCUT2D eigenvalue weighted by molar-refractivity contribution is 8.14. The molecule has 45 heavy (non-hydrogen) atoms. The molecule has 0 saturated carbocycles. The first kappa shape index (κ1) is 33.5. The summed E-state index contributed by atoms with van der Waals surface area (Å²) >= 11 is 1.20. The first-order chi connectivity index (χ1) is 21.4. The number of hydrazine groups is 1. The fourth-order valence-corrected chi connectivity index (χ4v) is 5.26. The molecule has 1 heterocycles. The van der Waals surface area contributed by atoms with Gasteiger partial charge in [0.05, 0.1) is 11.4 Å². The summed E-state index contributed by atoms with van der Waals surface area (Å²) in [4.78, 5) is 34.4. The second kappa shape index (κ2) is 15.1. The van der Waals surface area contributed by atoms with Gasteiger partial charge in [-0.1, -0.05) is 67.6 Å². The Morgan fingerprint density at radius 3 is 2.51 bits per heavy atom. The Bertz CT molecular complexity index is 1530. The van der Waals surface area contributed by atoms with Crippen molar-refractivity contribution < 1.29 is 27.5 Å². The molecule has 2 amide bonds. The molecule has 1 aliphatic rings. The third-order valence-corrected chi connectivity index (χ3v) is 7.78. The lowest BCUT2D eigenvalue weighted by Gasteiger charge is -2.25.